The standard InChI is InChI=1S/C12H11F2N3O/c13-12(14)18-11-4-2-1-3-10(11)17-7-9-5-15-8-16-6-9/h1-6,8,12,17H,7H2. The predicted molar refractivity (Wildman–Crippen MR) is 62.4 cm³/mol. The molecule has 0 fully saturated rings. The van der Waals surface area contributed by atoms with Gasteiger partial charge in [0, 0.05) is 24.5 Å². The Morgan fingerprint density at radius 1 is 1.17 bits per heavy atom. The van der Waals surface area contributed by atoms with E-state index in [0.29, 0.717) is 12.2 Å². The highest BCUT2D eigenvalue weighted by molar-refractivity contribution is 5.56. The van der Waals surface area contributed by atoms with Crippen molar-refractivity contribution in [1.82, 2.24) is 9.97 Å². The number of ether oxygens (including phenoxy) is 1. The summed E-state index contributed by atoms with van der Waals surface area (Å²) in [6.45, 7) is -2.40. The molecule has 0 aliphatic heterocycles. The molecular weight excluding hydrogens is 240 g/mol. The molecular formula is C12H11F2N3O. The number of para-hydroxylation sites is 2. The number of anilines is 1. The second-order valence-electron chi connectivity index (χ2n) is 3.47. The van der Waals surface area contributed by atoms with Crippen molar-refractivity contribution >= 4 is 5.69 Å². The predicted octanol–water partition coefficient (Wildman–Crippen LogP) is 2.69. The van der Waals surface area contributed by atoms with Crippen LogP contribution in [-0.4, -0.2) is 16.6 Å². The lowest BCUT2D eigenvalue weighted by Crippen LogP contribution is -2.06. The van der Waals surface area contributed by atoms with Crippen LogP contribution in [0, 0.1) is 0 Å². The number of benzene rings is 1. The van der Waals surface area contributed by atoms with Crippen molar-refractivity contribution in [2.24, 2.45) is 0 Å². The monoisotopic (exact) mass is 251 g/mol. The molecule has 1 aromatic heterocycles. The van der Waals surface area contributed by atoms with Crippen LogP contribution in [0.1, 0.15) is 5.56 Å². The third-order valence-corrected chi connectivity index (χ3v) is 2.20. The van der Waals surface area contributed by atoms with Gasteiger partial charge in [-0.15, -0.1) is 0 Å². The first kappa shape index (κ1) is 12.2. The van der Waals surface area contributed by atoms with E-state index in [2.05, 4.69) is 20.0 Å². The van der Waals surface area contributed by atoms with Crippen LogP contribution in [0.25, 0.3) is 0 Å². The van der Waals surface area contributed by atoms with E-state index >= 15 is 0 Å². The van der Waals surface area contributed by atoms with E-state index < -0.39 is 6.61 Å². The van der Waals surface area contributed by atoms with Gasteiger partial charge in [-0.2, -0.15) is 8.78 Å². The molecule has 4 nitrogen and oxygen atoms in total. The first-order valence-electron chi connectivity index (χ1n) is 5.27. The first-order valence-corrected chi connectivity index (χ1v) is 5.27. The van der Waals surface area contributed by atoms with Crippen LogP contribution in [0.5, 0.6) is 5.75 Å². The lowest BCUT2D eigenvalue weighted by molar-refractivity contribution is -0.0493. The summed E-state index contributed by atoms with van der Waals surface area (Å²) in [5, 5.41) is 3.00. The first-order chi connectivity index (χ1) is 8.75. The SMILES string of the molecule is FC(F)Oc1ccccc1NCc1cncnc1. The Labute approximate surface area is 103 Å². The van der Waals surface area contributed by atoms with Gasteiger partial charge in [-0.3, -0.25) is 0 Å². The largest absolute Gasteiger partial charge is 0.433 e. The normalized spacial score (nSPS) is 10.4. The molecule has 0 atom stereocenters. The maximum absolute atomic E-state index is 12.2. The van der Waals surface area contributed by atoms with Gasteiger partial charge in [0.15, 0.2) is 0 Å². The van der Waals surface area contributed by atoms with Crippen LogP contribution in [0.4, 0.5) is 14.5 Å². The van der Waals surface area contributed by atoms with Gasteiger partial charge < -0.3 is 10.1 Å². The summed E-state index contributed by atoms with van der Waals surface area (Å²) in [7, 11) is 0. The van der Waals surface area contributed by atoms with E-state index in [1.54, 1.807) is 30.6 Å². The third kappa shape index (κ3) is 3.38. The Morgan fingerprint density at radius 3 is 2.61 bits per heavy atom. The van der Waals surface area contributed by atoms with Crippen molar-refractivity contribution in [2.45, 2.75) is 13.2 Å². The van der Waals surface area contributed by atoms with Crippen molar-refractivity contribution in [3.8, 4) is 5.75 Å². The Hall–Kier alpha value is -2.24. The van der Waals surface area contributed by atoms with Gasteiger partial charge in [0.2, 0.25) is 0 Å². The summed E-state index contributed by atoms with van der Waals surface area (Å²) < 4.78 is 28.8. The van der Waals surface area contributed by atoms with Gasteiger partial charge in [-0.05, 0) is 12.1 Å². The van der Waals surface area contributed by atoms with Crippen LogP contribution >= 0.6 is 0 Å². The Balaban J connectivity index is 2.05. The lowest BCUT2D eigenvalue weighted by atomic mass is 10.2. The molecule has 2 aromatic rings. The molecule has 94 valence electrons. The lowest BCUT2D eigenvalue weighted by Gasteiger charge is -2.12. The van der Waals surface area contributed by atoms with Crippen molar-refractivity contribution in [3.63, 3.8) is 0 Å². The highest BCUT2D eigenvalue weighted by Crippen LogP contribution is 2.25. The molecule has 0 unspecified atom stereocenters. The maximum atomic E-state index is 12.2. The molecule has 1 heterocycles. The van der Waals surface area contributed by atoms with Crippen molar-refractivity contribution in [3.05, 3.63) is 48.5 Å². The van der Waals surface area contributed by atoms with Crippen LogP contribution in [-0.2, 0) is 6.54 Å². The number of halogens is 2. The average Bonchev–Trinajstić information content (AvgIpc) is 2.38. The summed E-state index contributed by atoms with van der Waals surface area (Å²) in [5.41, 5.74) is 1.35. The molecule has 18 heavy (non-hydrogen) atoms. The van der Waals surface area contributed by atoms with E-state index in [-0.39, 0.29) is 5.75 Å². The third-order valence-electron chi connectivity index (χ3n) is 2.20. The number of alkyl halides is 2. The van der Waals surface area contributed by atoms with E-state index in [0.717, 1.165) is 5.56 Å². The number of rotatable bonds is 5. The summed E-state index contributed by atoms with van der Waals surface area (Å²) in [4.78, 5) is 7.73. The zero-order valence-corrected chi connectivity index (χ0v) is 9.38. The minimum absolute atomic E-state index is 0.115. The number of nitrogens with zero attached hydrogens (tertiary/aromatic N) is 2. The van der Waals surface area contributed by atoms with E-state index in [1.165, 1.54) is 12.4 Å². The van der Waals surface area contributed by atoms with Crippen molar-refractivity contribution in [1.29, 1.82) is 0 Å². The molecule has 0 spiro atoms. The fourth-order valence-corrected chi connectivity index (χ4v) is 1.43. The molecule has 0 aliphatic carbocycles. The quantitative estimate of drug-likeness (QED) is 0.887. The minimum Gasteiger partial charge on any atom is -0.433 e. The Morgan fingerprint density at radius 2 is 1.89 bits per heavy atom. The van der Waals surface area contributed by atoms with Crippen LogP contribution in [0.3, 0.4) is 0 Å². The molecule has 6 heteroatoms. The summed E-state index contributed by atoms with van der Waals surface area (Å²) in [5.74, 6) is 0.115. The zero-order chi connectivity index (χ0) is 12.8. The molecule has 0 saturated carbocycles. The number of hydrogen-bond donors (Lipinski definition) is 1. The molecule has 0 amide bonds. The fraction of sp³-hybridized carbons (Fsp3) is 0.167. The topological polar surface area (TPSA) is 47.0 Å². The second-order valence-corrected chi connectivity index (χ2v) is 3.47. The van der Waals surface area contributed by atoms with E-state index in [1.807, 2.05) is 0 Å². The van der Waals surface area contributed by atoms with Crippen LogP contribution in [0.15, 0.2) is 43.0 Å². The summed E-state index contributed by atoms with van der Waals surface area (Å²) in [6, 6.07) is 6.52. The van der Waals surface area contributed by atoms with E-state index in [9.17, 15) is 8.78 Å². The second kappa shape index (κ2) is 5.90. The van der Waals surface area contributed by atoms with Gasteiger partial charge in [0.1, 0.15) is 12.1 Å². The fourth-order valence-electron chi connectivity index (χ4n) is 1.43. The van der Waals surface area contributed by atoms with E-state index in [4.69, 9.17) is 0 Å². The van der Waals surface area contributed by atoms with Crippen LogP contribution in [0.2, 0.25) is 0 Å². The van der Waals surface area contributed by atoms with Crippen molar-refractivity contribution in [2.75, 3.05) is 5.32 Å². The van der Waals surface area contributed by atoms with Gasteiger partial charge in [-0.25, -0.2) is 9.97 Å². The molecule has 0 aliphatic rings. The average molecular weight is 251 g/mol. The smallest absolute Gasteiger partial charge is 0.387 e. The van der Waals surface area contributed by atoms with Gasteiger partial charge in [-0.1, -0.05) is 12.1 Å². The van der Waals surface area contributed by atoms with Gasteiger partial charge in [0.25, 0.3) is 0 Å². The Kier molecular flexibility index (Phi) is 4.01. The van der Waals surface area contributed by atoms with Gasteiger partial charge in [0.05, 0.1) is 5.69 Å². The molecule has 1 N–H and O–H groups in total. The number of aromatic nitrogens is 2. The summed E-state index contributed by atoms with van der Waals surface area (Å²) >= 11 is 0. The highest BCUT2D eigenvalue weighted by Gasteiger charge is 2.08. The summed E-state index contributed by atoms with van der Waals surface area (Å²) in [6.07, 6.45) is 4.73. The molecule has 1 aromatic carbocycles. The molecule has 0 radical (unpaired) electrons. The van der Waals surface area contributed by atoms with Crippen molar-refractivity contribution < 1.29 is 13.5 Å². The maximum Gasteiger partial charge on any atom is 0.387 e. The number of hydrogen-bond acceptors (Lipinski definition) is 4. The molecule has 2 rings (SSSR count). The Bertz CT molecular complexity index is 494. The molecule has 0 saturated heterocycles. The van der Waals surface area contributed by atoms with Gasteiger partial charge >= 0.3 is 6.61 Å². The minimum atomic E-state index is -2.84. The highest BCUT2D eigenvalue weighted by atomic mass is 19.3. The van der Waals surface area contributed by atoms with Crippen LogP contribution < -0.4 is 10.1 Å². The zero-order valence-electron chi connectivity index (χ0n) is 9.38. The molecule has 0 bridgehead atoms. The number of nitrogens with one attached hydrogen (secondary N) is 1.